The van der Waals surface area contributed by atoms with Gasteiger partial charge in [0.05, 0.1) is 4.92 Å². The summed E-state index contributed by atoms with van der Waals surface area (Å²) in [5.74, 6) is -0.140. The van der Waals surface area contributed by atoms with Gasteiger partial charge in [0, 0.05) is 18.8 Å². The molecule has 0 aromatic heterocycles. The highest BCUT2D eigenvalue weighted by Gasteiger charge is 2.47. The van der Waals surface area contributed by atoms with Crippen molar-refractivity contribution in [3.05, 3.63) is 63.9 Å². The minimum absolute atomic E-state index is 0.140. The van der Waals surface area contributed by atoms with Crippen LogP contribution in [0.5, 0.6) is 0 Å². The van der Waals surface area contributed by atoms with Gasteiger partial charge in [-0.15, -0.1) is 0 Å². The Morgan fingerprint density at radius 1 is 1.38 bits per heavy atom. The smallest absolute Gasteiger partial charge is 0.241 e. The van der Waals surface area contributed by atoms with Crippen LogP contribution < -0.4 is 4.90 Å². The Bertz CT molecular complexity index is 645. The van der Waals surface area contributed by atoms with Crippen LogP contribution in [0, 0.1) is 10.1 Å². The van der Waals surface area contributed by atoms with Gasteiger partial charge in [-0.25, -0.2) is 0 Å². The highest BCUT2D eigenvalue weighted by atomic mass is 16.6. The Morgan fingerprint density at radius 3 is 2.67 bits per heavy atom. The molecule has 0 saturated carbocycles. The van der Waals surface area contributed by atoms with Gasteiger partial charge in [0.25, 0.3) is 0 Å². The van der Waals surface area contributed by atoms with Crippen molar-refractivity contribution in [3.8, 4) is 0 Å². The van der Waals surface area contributed by atoms with E-state index in [1.54, 1.807) is 11.9 Å². The summed E-state index contributed by atoms with van der Waals surface area (Å²) in [6, 6.07) is 7.43. The van der Waals surface area contributed by atoms with E-state index in [-0.39, 0.29) is 5.91 Å². The zero-order valence-corrected chi connectivity index (χ0v) is 12.4. The van der Waals surface area contributed by atoms with Gasteiger partial charge in [-0.2, -0.15) is 0 Å². The molecule has 0 saturated heterocycles. The van der Waals surface area contributed by atoms with E-state index in [0.29, 0.717) is 6.42 Å². The zero-order valence-electron chi connectivity index (χ0n) is 12.4. The lowest BCUT2D eigenvalue weighted by Gasteiger charge is -2.22. The van der Waals surface area contributed by atoms with Gasteiger partial charge in [0.2, 0.25) is 12.1 Å². The summed E-state index contributed by atoms with van der Waals surface area (Å²) in [6.07, 6.45) is 4.64. The van der Waals surface area contributed by atoms with Crippen LogP contribution in [0.4, 0.5) is 5.69 Å². The summed E-state index contributed by atoms with van der Waals surface area (Å²) >= 11 is 0. The van der Waals surface area contributed by atoms with Crippen molar-refractivity contribution in [3.63, 3.8) is 0 Å². The van der Waals surface area contributed by atoms with Gasteiger partial charge in [0.1, 0.15) is 5.41 Å². The molecule has 1 atom stereocenters. The predicted molar refractivity (Wildman–Crippen MR) is 81.7 cm³/mol. The molecule has 1 aliphatic rings. The summed E-state index contributed by atoms with van der Waals surface area (Å²) < 4.78 is 0. The number of hydrogen-bond donors (Lipinski definition) is 0. The molecule has 0 radical (unpaired) electrons. The second-order valence-corrected chi connectivity index (χ2v) is 5.44. The average molecular weight is 286 g/mol. The van der Waals surface area contributed by atoms with Crippen LogP contribution >= 0.6 is 0 Å². The number of anilines is 1. The van der Waals surface area contributed by atoms with Gasteiger partial charge in [-0.05, 0) is 31.9 Å². The van der Waals surface area contributed by atoms with E-state index in [1.807, 2.05) is 44.2 Å². The van der Waals surface area contributed by atoms with E-state index in [0.717, 1.165) is 23.0 Å². The Morgan fingerprint density at radius 2 is 2.05 bits per heavy atom. The van der Waals surface area contributed by atoms with Gasteiger partial charge >= 0.3 is 0 Å². The van der Waals surface area contributed by atoms with E-state index in [2.05, 4.69) is 0 Å². The molecule has 1 unspecified atom stereocenters. The minimum Gasteiger partial charge on any atom is -0.314 e. The molecule has 5 heteroatoms. The van der Waals surface area contributed by atoms with Crippen molar-refractivity contribution in [2.45, 2.75) is 25.7 Å². The Labute approximate surface area is 123 Å². The third-order valence-corrected chi connectivity index (χ3v) is 3.75. The molecule has 0 spiro atoms. The van der Waals surface area contributed by atoms with Crippen LogP contribution in [0.15, 0.2) is 48.2 Å². The summed E-state index contributed by atoms with van der Waals surface area (Å²) in [5.41, 5.74) is 1.70. The fraction of sp³-hybridized carbons (Fsp3) is 0.312. The fourth-order valence-electron chi connectivity index (χ4n) is 2.65. The standard InChI is InChI=1S/C16H18N2O3/c1-12(2)8-9-16(10-11-18(20)21)13-6-4-5-7-14(13)17(3)15(16)19/h4-8,10-11H,9H2,1-3H3/b11-10+. The van der Waals surface area contributed by atoms with Gasteiger partial charge in [0.15, 0.2) is 0 Å². The molecule has 1 aliphatic heterocycles. The minimum atomic E-state index is -0.990. The first-order chi connectivity index (χ1) is 9.88. The molecule has 0 N–H and O–H groups in total. The lowest BCUT2D eigenvalue weighted by Crippen LogP contribution is -2.37. The lowest BCUT2D eigenvalue weighted by atomic mass is 9.78. The molecule has 1 aromatic rings. The maximum Gasteiger partial charge on any atom is 0.241 e. The number of rotatable bonds is 4. The predicted octanol–water partition coefficient (Wildman–Crippen LogP) is 3.05. The van der Waals surface area contributed by atoms with Crippen LogP contribution in [0.1, 0.15) is 25.8 Å². The number of likely N-dealkylation sites (N-methyl/N-ethyl adjacent to an activating group) is 1. The normalized spacial score (nSPS) is 20.7. The fourth-order valence-corrected chi connectivity index (χ4v) is 2.65. The Kier molecular flexibility index (Phi) is 3.93. The van der Waals surface area contributed by atoms with Crippen molar-refractivity contribution >= 4 is 11.6 Å². The van der Waals surface area contributed by atoms with E-state index in [1.165, 1.54) is 6.08 Å². The third-order valence-electron chi connectivity index (χ3n) is 3.75. The van der Waals surface area contributed by atoms with Crippen LogP contribution in [0.25, 0.3) is 0 Å². The maximum atomic E-state index is 12.7. The van der Waals surface area contributed by atoms with Crippen LogP contribution in [0.3, 0.4) is 0 Å². The molecule has 110 valence electrons. The van der Waals surface area contributed by atoms with E-state index >= 15 is 0 Å². The molecular formula is C16H18N2O3. The van der Waals surface area contributed by atoms with Gasteiger partial charge in [-0.1, -0.05) is 29.8 Å². The summed E-state index contributed by atoms with van der Waals surface area (Å²) in [4.78, 5) is 24.5. The molecule has 0 bridgehead atoms. The Hall–Kier alpha value is -2.43. The number of allylic oxidation sites excluding steroid dienone is 2. The van der Waals surface area contributed by atoms with Crippen molar-refractivity contribution < 1.29 is 9.72 Å². The second-order valence-electron chi connectivity index (χ2n) is 5.44. The number of carbonyl (C=O) groups excluding carboxylic acids is 1. The monoisotopic (exact) mass is 286 g/mol. The third kappa shape index (κ3) is 2.59. The SMILES string of the molecule is CC(C)=CCC1(/C=C/[N+](=O)[O-])C(=O)N(C)c2ccccc21. The molecule has 0 fully saturated rings. The van der Waals surface area contributed by atoms with Crippen LogP contribution in [-0.2, 0) is 10.2 Å². The van der Waals surface area contributed by atoms with Crippen LogP contribution in [0.2, 0.25) is 0 Å². The van der Waals surface area contributed by atoms with E-state index in [9.17, 15) is 14.9 Å². The lowest BCUT2D eigenvalue weighted by molar-refractivity contribution is -0.402. The zero-order chi connectivity index (χ0) is 15.6. The molecule has 1 aromatic carbocycles. The quantitative estimate of drug-likeness (QED) is 0.485. The molecule has 5 nitrogen and oxygen atoms in total. The maximum absolute atomic E-state index is 12.7. The Balaban J connectivity index is 2.61. The first-order valence-electron chi connectivity index (χ1n) is 6.72. The van der Waals surface area contributed by atoms with E-state index < -0.39 is 10.3 Å². The number of carbonyl (C=O) groups is 1. The molecule has 21 heavy (non-hydrogen) atoms. The second kappa shape index (κ2) is 5.52. The first-order valence-corrected chi connectivity index (χ1v) is 6.72. The molecular weight excluding hydrogens is 268 g/mol. The van der Waals surface area contributed by atoms with E-state index in [4.69, 9.17) is 0 Å². The number of nitrogens with zero attached hydrogens (tertiary/aromatic N) is 2. The topological polar surface area (TPSA) is 63.5 Å². The van der Waals surface area contributed by atoms with Gasteiger partial charge in [-0.3, -0.25) is 14.9 Å². The number of fused-ring (bicyclic) bond motifs is 1. The number of nitro groups is 1. The van der Waals surface area contributed by atoms with Gasteiger partial charge < -0.3 is 4.90 Å². The molecule has 1 heterocycles. The van der Waals surface area contributed by atoms with Crippen molar-refractivity contribution in [1.29, 1.82) is 0 Å². The summed E-state index contributed by atoms with van der Waals surface area (Å²) in [7, 11) is 1.70. The highest BCUT2D eigenvalue weighted by Crippen LogP contribution is 2.44. The number of amides is 1. The molecule has 2 rings (SSSR count). The summed E-state index contributed by atoms with van der Waals surface area (Å²) in [5, 5.41) is 10.7. The highest BCUT2D eigenvalue weighted by molar-refractivity contribution is 6.09. The van der Waals surface area contributed by atoms with Crippen molar-refractivity contribution in [1.82, 2.24) is 0 Å². The van der Waals surface area contributed by atoms with Crippen molar-refractivity contribution in [2.75, 3.05) is 11.9 Å². The first kappa shape index (κ1) is 15.0. The van der Waals surface area contributed by atoms with Crippen molar-refractivity contribution in [2.24, 2.45) is 0 Å². The number of benzene rings is 1. The molecule has 0 aliphatic carbocycles. The largest absolute Gasteiger partial charge is 0.314 e. The average Bonchev–Trinajstić information content (AvgIpc) is 2.66. The summed E-state index contributed by atoms with van der Waals surface area (Å²) in [6.45, 7) is 3.89. The number of para-hydroxylation sites is 1. The van der Waals surface area contributed by atoms with Crippen LogP contribution in [-0.4, -0.2) is 17.9 Å². The molecule has 1 amide bonds. The number of hydrogen-bond acceptors (Lipinski definition) is 3.